The van der Waals surface area contributed by atoms with Crippen molar-refractivity contribution in [2.45, 2.75) is 46.7 Å². The lowest BCUT2D eigenvalue weighted by atomic mass is 10.0. The minimum atomic E-state index is -0.500. The van der Waals surface area contributed by atoms with Crippen molar-refractivity contribution in [2.24, 2.45) is 5.92 Å². The molecule has 2 amide bonds. The van der Waals surface area contributed by atoms with E-state index in [9.17, 15) is 9.59 Å². The molecule has 0 radical (unpaired) electrons. The predicted molar refractivity (Wildman–Crippen MR) is 80.2 cm³/mol. The Kier molecular flexibility index (Phi) is 5.74. The zero-order valence-corrected chi connectivity index (χ0v) is 12.9. The molecule has 0 heterocycles. The Morgan fingerprint density at radius 2 is 1.55 bits per heavy atom. The zero-order chi connectivity index (χ0) is 15.3. The summed E-state index contributed by atoms with van der Waals surface area (Å²) in [5.74, 6) is -0.297. The van der Waals surface area contributed by atoms with Crippen molar-refractivity contribution in [1.29, 1.82) is 0 Å². The first-order valence-corrected chi connectivity index (χ1v) is 6.95. The van der Waals surface area contributed by atoms with Gasteiger partial charge in [-0.1, -0.05) is 43.7 Å². The molecule has 1 aromatic carbocycles. The monoisotopic (exact) mass is 276 g/mol. The first kappa shape index (κ1) is 16.2. The average molecular weight is 276 g/mol. The van der Waals surface area contributed by atoms with Crippen LogP contribution in [0.1, 0.15) is 44.9 Å². The first-order chi connectivity index (χ1) is 9.31. The number of aryl methyl sites for hydroxylation is 1. The maximum atomic E-state index is 12.2. The van der Waals surface area contributed by atoms with E-state index < -0.39 is 6.04 Å². The van der Waals surface area contributed by atoms with Crippen molar-refractivity contribution >= 4 is 11.8 Å². The minimum Gasteiger partial charge on any atom is -0.348 e. The molecule has 20 heavy (non-hydrogen) atoms. The van der Waals surface area contributed by atoms with E-state index in [4.69, 9.17) is 0 Å². The Morgan fingerprint density at radius 1 is 1.00 bits per heavy atom. The third-order valence-electron chi connectivity index (χ3n) is 3.24. The Labute approximate surface area is 121 Å². The van der Waals surface area contributed by atoms with Crippen LogP contribution in [0.3, 0.4) is 0 Å². The third kappa shape index (κ3) is 4.68. The molecule has 2 unspecified atom stereocenters. The third-order valence-corrected chi connectivity index (χ3v) is 3.24. The van der Waals surface area contributed by atoms with Gasteiger partial charge in [-0.3, -0.25) is 9.59 Å². The van der Waals surface area contributed by atoms with Gasteiger partial charge < -0.3 is 10.6 Å². The van der Waals surface area contributed by atoms with Gasteiger partial charge in [0.25, 0.3) is 0 Å². The van der Waals surface area contributed by atoms with Gasteiger partial charge in [0.15, 0.2) is 0 Å². The largest absolute Gasteiger partial charge is 0.348 e. The molecule has 1 aromatic rings. The molecule has 0 aliphatic heterocycles. The van der Waals surface area contributed by atoms with E-state index in [1.807, 2.05) is 52.0 Å². The summed E-state index contributed by atoms with van der Waals surface area (Å²) in [6.45, 7) is 9.21. The Hall–Kier alpha value is -1.84. The molecular formula is C16H24N2O2. The number of nitrogens with one attached hydrogen (secondary N) is 2. The fraction of sp³-hybridized carbons (Fsp3) is 0.500. The highest BCUT2D eigenvalue weighted by Crippen LogP contribution is 2.14. The Morgan fingerprint density at radius 3 is 2.00 bits per heavy atom. The van der Waals surface area contributed by atoms with Crippen molar-refractivity contribution in [3.05, 3.63) is 35.4 Å². The van der Waals surface area contributed by atoms with Crippen LogP contribution in [0.4, 0.5) is 0 Å². The van der Waals surface area contributed by atoms with Gasteiger partial charge in [-0.05, 0) is 25.3 Å². The first-order valence-electron chi connectivity index (χ1n) is 6.95. The lowest BCUT2D eigenvalue weighted by Gasteiger charge is -2.23. The molecule has 0 aromatic heterocycles. The second-order valence-electron chi connectivity index (χ2n) is 5.56. The Bertz CT molecular complexity index is 466. The van der Waals surface area contributed by atoms with Crippen LogP contribution in [0.25, 0.3) is 0 Å². The standard InChI is InChI=1S/C16H24N2O2/c1-10(2)15(18-13(5)19)16(20)17-12(4)14-8-6-11(3)7-9-14/h6-10,12,15H,1-5H3,(H,17,20)(H,18,19). The number of hydrogen-bond donors (Lipinski definition) is 2. The van der Waals surface area contributed by atoms with Crippen LogP contribution >= 0.6 is 0 Å². The second kappa shape index (κ2) is 7.08. The van der Waals surface area contributed by atoms with Crippen LogP contribution in [-0.2, 0) is 9.59 Å². The van der Waals surface area contributed by atoms with Crippen LogP contribution in [0.5, 0.6) is 0 Å². The SMILES string of the molecule is CC(=O)NC(C(=O)NC(C)c1ccc(C)cc1)C(C)C. The van der Waals surface area contributed by atoms with Crippen molar-refractivity contribution in [3.8, 4) is 0 Å². The van der Waals surface area contributed by atoms with Gasteiger partial charge in [-0.25, -0.2) is 0 Å². The van der Waals surface area contributed by atoms with Crippen LogP contribution in [0, 0.1) is 12.8 Å². The summed E-state index contributed by atoms with van der Waals surface area (Å²) in [7, 11) is 0. The van der Waals surface area contributed by atoms with E-state index in [1.54, 1.807) is 0 Å². The summed E-state index contributed by atoms with van der Waals surface area (Å²) in [6.07, 6.45) is 0. The molecule has 4 nitrogen and oxygen atoms in total. The maximum Gasteiger partial charge on any atom is 0.243 e. The molecule has 0 fully saturated rings. The lowest BCUT2D eigenvalue weighted by molar-refractivity contribution is -0.129. The van der Waals surface area contributed by atoms with Crippen LogP contribution in [0.15, 0.2) is 24.3 Å². The molecule has 2 N–H and O–H groups in total. The number of amides is 2. The van der Waals surface area contributed by atoms with E-state index in [0.29, 0.717) is 0 Å². The van der Waals surface area contributed by atoms with Gasteiger partial charge in [0.1, 0.15) is 6.04 Å². The van der Waals surface area contributed by atoms with Crippen molar-refractivity contribution in [2.75, 3.05) is 0 Å². The van der Waals surface area contributed by atoms with Gasteiger partial charge in [0.05, 0.1) is 6.04 Å². The topological polar surface area (TPSA) is 58.2 Å². The molecule has 0 spiro atoms. The summed E-state index contributed by atoms with van der Waals surface area (Å²) in [6, 6.07) is 7.46. The van der Waals surface area contributed by atoms with E-state index in [1.165, 1.54) is 12.5 Å². The molecule has 2 atom stereocenters. The van der Waals surface area contributed by atoms with Crippen LogP contribution < -0.4 is 10.6 Å². The summed E-state index contributed by atoms with van der Waals surface area (Å²) >= 11 is 0. The van der Waals surface area contributed by atoms with Gasteiger partial charge >= 0.3 is 0 Å². The van der Waals surface area contributed by atoms with Crippen LogP contribution in [-0.4, -0.2) is 17.9 Å². The number of rotatable bonds is 5. The zero-order valence-electron chi connectivity index (χ0n) is 12.9. The van der Waals surface area contributed by atoms with E-state index >= 15 is 0 Å². The van der Waals surface area contributed by atoms with Crippen molar-refractivity contribution < 1.29 is 9.59 Å². The van der Waals surface area contributed by atoms with Crippen molar-refractivity contribution in [3.63, 3.8) is 0 Å². The minimum absolute atomic E-state index is 0.0455. The fourth-order valence-electron chi connectivity index (χ4n) is 2.00. The summed E-state index contributed by atoms with van der Waals surface area (Å²) in [5, 5.41) is 5.64. The van der Waals surface area contributed by atoms with Gasteiger partial charge in [-0.15, -0.1) is 0 Å². The van der Waals surface area contributed by atoms with E-state index in [0.717, 1.165) is 5.56 Å². The molecule has 1 rings (SSSR count). The molecule has 0 saturated carbocycles. The molecule has 0 bridgehead atoms. The Balaban J connectivity index is 2.72. The summed E-state index contributed by atoms with van der Waals surface area (Å²) < 4.78 is 0. The molecule has 0 saturated heterocycles. The second-order valence-corrected chi connectivity index (χ2v) is 5.56. The number of carbonyl (C=O) groups is 2. The van der Waals surface area contributed by atoms with Gasteiger partial charge in [0.2, 0.25) is 11.8 Å². The molecule has 110 valence electrons. The van der Waals surface area contributed by atoms with E-state index in [2.05, 4.69) is 10.6 Å². The summed E-state index contributed by atoms with van der Waals surface area (Å²) in [5.41, 5.74) is 2.24. The fourth-order valence-corrected chi connectivity index (χ4v) is 2.00. The van der Waals surface area contributed by atoms with Crippen LogP contribution in [0.2, 0.25) is 0 Å². The number of benzene rings is 1. The number of carbonyl (C=O) groups excluding carboxylic acids is 2. The lowest BCUT2D eigenvalue weighted by Crippen LogP contribution is -2.49. The quantitative estimate of drug-likeness (QED) is 0.867. The van der Waals surface area contributed by atoms with E-state index in [-0.39, 0.29) is 23.8 Å². The number of hydrogen-bond acceptors (Lipinski definition) is 2. The van der Waals surface area contributed by atoms with Crippen molar-refractivity contribution in [1.82, 2.24) is 10.6 Å². The molecule has 0 aliphatic rings. The highest BCUT2D eigenvalue weighted by Gasteiger charge is 2.24. The predicted octanol–water partition coefficient (Wildman–Crippen LogP) is 2.33. The molecular weight excluding hydrogens is 252 g/mol. The van der Waals surface area contributed by atoms with Gasteiger partial charge in [-0.2, -0.15) is 0 Å². The summed E-state index contributed by atoms with van der Waals surface area (Å²) in [4.78, 5) is 23.4. The highest BCUT2D eigenvalue weighted by molar-refractivity contribution is 5.87. The molecule has 0 aliphatic carbocycles. The smallest absolute Gasteiger partial charge is 0.243 e. The normalized spacial score (nSPS) is 13.7. The maximum absolute atomic E-state index is 12.2. The van der Waals surface area contributed by atoms with Gasteiger partial charge in [0, 0.05) is 6.92 Å². The highest BCUT2D eigenvalue weighted by atomic mass is 16.2. The molecule has 4 heteroatoms. The average Bonchev–Trinajstić information content (AvgIpc) is 2.35.